The molecule has 3 rings (SSSR count). The molecule has 8 heteroatoms. The third-order valence-corrected chi connectivity index (χ3v) is 4.58. The first kappa shape index (κ1) is 18.5. The Labute approximate surface area is 158 Å². The predicted molar refractivity (Wildman–Crippen MR) is 106 cm³/mol. The molecule has 0 radical (unpaired) electrons. The van der Waals surface area contributed by atoms with Crippen molar-refractivity contribution in [3.63, 3.8) is 0 Å². The summed E-state index contributed by atoms with van der Waals surface area (Å²) in [5.74, 6) is 0.753. The van der Waals surface area contributed by atoms with Crippen molar-refractivity contribution >= 4 is 26.2 Å². The Morgan fingerprint density at radius 3 is 2.65 bits per heavy atom. The normalized spacial score (nSPS) is 12.9. The van der Waals surface area contributed by atoms with Gasteiger partial charge in [0.05, 0.1) is 5.69 Å². The molecule has 6 nitrogen and oxygen atoms in total. The zero-order chi connectivity index (χ0) is 18.9. The van der Waals surface area contributed by atoms with Crippen LogP contribution in [0.5, 0.6) is 0 Å². The number of benzene rings is 1. The van der Waals surface area contributed by atoms with Crippen LogP contribution in [0.1, 0.15) is 29.7 Å². The van der Waals surface area contributed by atoms with Crippen LogP contribution in [0.4, 0.5) is 5.69 Å². The van der Waals surface area contributed by atoms with Crippen LogP contribution >= 0.6 is 12.6 Å². The Morgan fingerprint density at radius 1 is 1.27 bits per heavy atom. The molecule has 0 bridgehead atoms. The van der Waals surface area contributed by atoms with E-state index in [2.05, 4.69) is 29.6 Å². The van der Waals surface area contributed by atoms with Crippen LogP contribution in [0, 0.1) is 0 Å². The molecule has 0 aliphatic heterocycles. The Kier molecular flexibility index (Phi) is 5.09. The third-order valence-electron chi connectivity index (χ3n) is 4.19. The van der Waals surface area contributed by atoms with Gasteiger partial charge in [0.25, 0.3) is 0 Å². The van der Waals surface area contributed by atoms with Crippen LogP contribution in [0.3, 0.4) is 0 Å². The highest BCUT2D eigenvalue weighted by atomic mass is 32.1. The number of anilines is 1. The highest BCUT2D eigenvalue weighted by molar-refractivity contribution is 7.80. The van der Waals surface area contributed by atoms with Crippen LogP contribution in [-0.4, -0.2) is 38.5 Å². The molecular formula is C18H21BN4O2S. The van der Waals surface area contributed by atoms with E-state index in [0.29, 0.717) is 11.5 Å². The summed E-state index contributed by atoms with van der Waals surface area (Å²) >= 11 is 4.38. The second-order valence-corrected chi connectivity index (χ2v) is 7.13. The van der Waals surface area contributed by atoms with E-state index in [1.54, 1.807) is 16.9 Å². The van der Waals surface area contributed by atoms with Gasteiger partial charge in [0.1, 0.15) is 5.69 Å². The molecule has 0 saturated heterocycles. The monoisotopic (exact) mass is 368 g/mol. The number of thiol groups is 1. The van der Waals surface area contributed by atoms with Crippen molar-refractivity contribution in [2.75, 3.05) is 5.73 Å². The summed E-state index contributed by atoms with van der Waals surface area (Å²) in [6.45, 7) is 2.07. The molecule has 0 aliphatic rings. The van der Waals surface area contributed by atoms with Crippen molar-refractivity contribution in [3.8, 4) is 5.82 Å². The zero-order valence-electron chi connectivity index (χ0n) is 14.7. The number of hydrogen-bond donors (Lipinski definition) is 4. The van der Waals surface area contributed by atoms with Crippen LogP contribution in [0.25, 0.3) is 5.82 Å². The Hall–Kier alpha value is -2.29. The number of aromatic nitrogens is 3. The van der Waals surface area contributed by atoms with Gasteiger partial charge < -0.3 is 15.9 Å². The molecule has 0 spiro atoms. The fourth-order valence-electron chi connectivity index (χ4n) is 2.74. The molecule has 2 aromatic heterocycles. The lowest BCUT2D eigenvalue weighted by molar-refractivity contribution is -0.0833. The summed E-state index contributed by atoms with van der Waals surface area (Å²) in [4.78, 5) is 5.11. The van der Waals surface area contributed by atoms with Crippen LogP contribution < -0.4 is 5.73 Å². The molecule has 3 aromatic rings. The molecule has 0 fully saturated rings. The van der Waals surface area contributed by atoms with Gasteiger partial charge >= 0.3 is 0 Å². The third kappa shape index (κ3) is 4.27. The van der Waals surface area contributed by atoms with Crippen molar-refractivity contribution < 1.29 is 10.2 Å². The molecule has 134 valence electrons. The lowest BCUT2D eigenvalue weighted by atomic mass is 9.89. The van der Waals surface area contributed by atoms with Crippen LogP contribution in [0.2, 0.25) is 0 Å². The van der Waals surface area contributed by atoms with Gasteiger partial charge in [0, 0.05) is 35.3 Å². The van der Waals surface area contributed by atoms with E-state index in [9.17, 15) is 10.2 Å². The van der Waals surface area contributed by atoms with E-state index in [-0.39, 0.29) is 12.3 Å². The Morgan fingerprint density at radius 2 is 2.04 bits per heavy atom. The van der Waals surface area contributed by atoms with E-state index in [4.69, 9.17) is 5.73 Å². The lowest BCUT2D eigenvalue weighted by Gasteiger charge is -2.15. The number of pyridine rings is 1. The molecule has 0 aliphatic carbocycles. The van der Waals surface area contributed by atoms with Crippen molar-refractivity contribution in [1.82, 2.24) is 14.8 Å². The molecular weight excluding hydrogens is 347 g/mol. The largest absolute Gasteiger partial charge is 0.398 e. The molecule has 1 aromatic carbocycles. The highest BCUT2D eigenvalue weighted by Gasteiger charge is 2.16. The predicted octanol–water partition coefficient (Wildman–Crippen LogP) is 1.10. The van der Waals surface area contributed by atoms with Crippen molar-refractivity contribution in [1.29, 1.82) is 0 Å². The number of aliphatic hydroxyl groups is 2. The molecule has 1 atom stereocenters. The number of nitrogens with zero attached hydrogens (tertiary/aromatic N) is 3. The van der Waals surface area contributed by atoms with Gasteiger partial charge in [-0.15, -0.1) is 12.6 Å². The number of rotatable bonds is 5. The SMILES string of the molecule is BC(O)(O)Cc1ccc(-n2ccc(C(C)c3ccc(N)c(S)c3)n2)nc1. The van der Waals surface area contributed by atoms with Crippen LogP contribution in [0.15, 0.2) is 53.7 Å². The molecule has 2 heterocycles. The van der Waals surface area contributed by atoms with Gasteiger partial charge in [0.15, 0.2) is 13.7 Å². The van der Waals surface area contributed by atoms with Gasteiger partial charge in [0.2, 0.25) is 0 Å². The van der Waals surface area contributed by atoms with E-state index < -0.39 is 5.69 Å². The topological polar surface area (TPSA) is 97.2 Å². The Bertz CT molecular complexity index is 906. The quantitative estimate of drug-likeness (QED) is 0.234. The van der Waals surface area contributed by atoms with Gasteiger partial charge in [-0.2, -0.15) is 5.10 Å². The number of nitrogen functional groups attached to an aromatic ring is 1. The lowest BCUT2D eigenvalue weighted by Crippen LogP contribution is -2.31. The van der Waals surface area contributed by atoms with Crippen molar-refractivity contribution in [2.24, 2.45) is 0 Å². The molecule has 1 unspecified atom stereocenters. The summed E-state index contributed by atoms with van der Waals surface area (Å²) < 4.78 is 1.70. The molecule has 26 heavy (non-hydrogen) atoms. The first-order valence-corrected chi connectivity index (χ1v) is 8.72. The van der Waals surface area contributed by atoms with Gasteiger partial charge in [-0.3, -0.25) is 0 Å². The summed E-state index contributed by atoms with van der Waals surface area (Å²) in [5, 5.41) is 23.5. The second kappa shape index (κ2) is 7.15. The summed E-state index contributed by atoms with van der Waals surface area (Å²) in [6.07, 6.45) is 3.60. The maximum absolute atomic E-state index is 9.46. The molecule has 0 amide bonds. The Balaban J connectivity index is 1.79. The van der Waals surface area contributed by atoms with Crippen LogP contribution in [-0.2, 0) is 6.42 Å². The molecule has 0 saturated carbocycles. The minimum atomic E-state index is -1.75. The first-order valence-electron chi connectivity index (χ1n) is 8.27. The van der Waals surface area contributed by atoms with E-state index in [1.165, 1.54) is 7.85 Å². The average Bonchev–Trinajstić information content (AvgIpc) is 3.06. The van der Waals surface area contributed by atoms with Gasteiger partial charge in [-0.1, -0.05) is 19.1 Å². The fourth-order valence-corrected chi connectivity index (χ4v) is 2.96. The van der Waals surface area contributed by atoms with E-state index in [0.717, 1.165) is 21.7 Å². The minimum absolute atomic E-state index is 0.0894. The highest BCUT2D eigenvalue weighted by Crippen LogP contribution is 2.27. The standard InChI is InChI=1S/C18H21BN4O2S/c1-11(13-3-4-14(20)16(26)8-13)15-6-7-23(22-15)17-5-2-12(10-21-17)9-18(19,24)25/h2-8,10-11,24-26H,9,19-20H2,1H3. The molecule has 4 N–H and O–H groups in total. The van der Waals surface area contributed by atoms with E-state index in [1.807, 2.05) is 36.5 Å². The van der Waals surface area contributed by atoms with Crippen molar-refractivity contribution in [3.05, 3.63) is 65.6 Å². The second-order valence-electron chi connectivity index (χ2n) is 6.64. The van der Waals surface area contributed by atoms with Crippen molar-refractivity contribution in [2.45, 2.75) is 29.8 Å². The number of nitrogens with two attached hydrogens (primary N) is 1. The van der Waals surface area contributed by atoms with Gasteiger partial charge in [-0.05, 0) is 35.4 Å². The van der Waals surface area contributed by atoms with E-state index >= 15 is 0 Å². The average molecular weight is 368 g/mol. The first-order chi connectivity index (χ1) is 12.2. The van der Waals surface area contributed by atoms with Gasteiger partial charge in [-0.25, -0.2) is 9.67 Å². The smallest absolute Gasteiger partial charge is 0.178 e. The minimum Gasteiger partial charge on any atom is -0.398 e. The number of hydrogen-bond acceptors (Lipinski definition) is 6. The fraction of sp³-hybridized carbons (Fsp3) is 0.222. The summed E-state index contributed by atoms with van der Waals surface area (Å²) in [7, 11) is 1.34. The summed E-state index contributed by atoms with van der Waals surface area (Å²) in [5.41, 5.74) is 7.46. The maximum Gasteiger partial charge on any atom is 0.178 e. The zero-order valence-corrected chi connectivity index (χ0v) is 15.6. The summed E-state index contributed by atoms with van der Waals surface area (Å²) in [6, 6.07) is 11.3. The maximum atomic E-state index is 9.46.